The van der Waals surface area contributed by atoms with Crippen LogP contribution in [-0.2, 0) is 0 Å². The number of hydrogen-bond donors (Lipinski definition) is 4. The summed E-state index contributed by atoms with van der Waals surface area (Å²) in [7, 11) is 0. The summed E-state index contributed by atoms with van der Waals surface area (Å²) < 4.78 is 0. The first-order valence-electron chi connectivity index (χ1n) is 4.10. The first-order chi connectivity index (χ1) is 5.77. The van der Waals surface area contributed by atoms with Gasteiger partial charge in [-0.25, -0.2) is 0 Å². The third-order valence-corrected chi connectivity index (χ3v) is 1.72. The van der Waals surface area contributed by atoms with E-state index < -0.39 is 0 Å². The molecule has 0 saturated heterocycles. The lowest BCUT2D eigenvalue weighted by Crippen LogP contribution is -2.11. The van der Waals surface area contributed by atoms with E-state index in [1.54, 1.807) is 0 Å². The summed E-state index contributed by atoms with van der Waals surface area (Å²) in [5.74, 6) is 1.86. The summed E-state index contributed by atoms with van der Waals surface area (Å²) in [6.07, 6.45) is 0. The van der Waals surface area contributed by atoms with Gasteiger partial charge in [-0.3, -0.25) is 5.10 Å². The average Bonchev–Trinajstić information content (AvgIpc) is 2.52. The number of nitrogens with zero attached hydrogens (tertiary/aromatic N) is 1. The largest absolute Gasteiger partial charge is 0.365 e. The Bertz CT molecular complexity index is 277. The zero-order valence-electron chi connectivity index (χ0n) is 7.23. The van der Waals surface area contributed by atoms with Gasteiger partial charge in [-0.05, 0) is 13.8 Å². The zero-order chi connectivity index (χ0) is 8.55. The van der Waals surface area contributed by atoms with Gasteiger partial charge >= 0.3 is 0 Å². The van der Waals surface area contributed by atoms with Gasteiger partial charge in [-0.1, -0.05) is 0 Å². The van der Waals surface area contributed by atoms with Crippen molar-refractivity contribution in [3.05, 3.63) is 0 Å². The fourth-order valence-electron chi connectivity index (χ4n) is 1.24. The number of H-pyrrole nitrogens is 1. The quantitative estimate of drug-likeness (QED) is 0.531. The van der Waals surface area contributed by atoms with Crippen LogP contribution in [0.5, 0.6) is 0 Å². The van der Waals surface area contributed by atoms with Crippen molar-refractivity contribution < 1.29 is 0 Å². The molecule has 2 heterocycles. The zero-order valence-corrected chi connectivity index (χ0v) is 7.23. The van der Waals surface area contributed by atoms with Gasteiger partial charge in [-0.2, -0.15) is 5.10 Å². The molecule has 0 fully saturated rings. The molecule has 2 rings (SSSR count). The molecule has 0 unspecified atom stereocenters. The molecule has 1 aliphatic heterocycles. The minimum absolute atomic E-state index is 0.403. The smallest absolute Gasteiger partial charge is 0.173 e. The summed E-state index contributed by atoms with van der Waals surface area (Å²) in [5, 5.41) is 16.6. The molecular weight excluding hydrogens is 154 g/mol. The van der Waals surface area contributed by atoms with Crippen LogP contribution in [0.2, 0.25) is 0 Å². The monoisotopic (exact) mass is 167 g/mol. The molecule has 5 nitrogen and oxygen atoms in total. The number of aromatic nitrogens is 2. The fourth-order valence-corrected chi connectivity index (χ4v) is 1.24. The molecule has 12 heavy (non-hydrogen) atoms. The number of hydrogen-bond acceptors (Lipinski definition) is 4. The van der Waals surface area contributed by atoms with Crippen LogP contribution in [-0.4, -0.2) is 22.9 Å². The number of aromatic amines is 1. The fraction of sp³-hybridized carbons (Fsp3) is 0.571. The van der Waals surface area contributed by atoms with E-state index in [1.807, 2.05) is 0 Å². The van der Waals surface area contributed by atoms with Crippen LogP contribution >= 0.6 is 0 Å². The Morgan fingerprint density at radius 2 is 2.25 bits per heavy atom. The molecule has 0 bridgehead atoms. The first kappa shape index (κ1) is 7.27. The molecule has 0 spiro atoms. The molecule has 0 amide bonds. The van der Waals surface area contributed by atoms with Crippen molar-refractivity contribution in [2.24, 2.45) is 0 Å². The molecule has 0 saturated carbocycles. The maximum Gasteiger partial charge on any atom is 0.173 e. The van der Waals surface area contributed by atoms with Gasteiger partial charge in [0.1, 0.15) is 11.5 Å². The summed E-state index contributed by atoms with van der Waals surface area (Å²) in [6, 6.07) is 0.403. The highest BCUT2D eigenvalue weighted by Gasteiger charge is 2.17. The van der Waals surface area contributed by atoms with Crippen molar-refractivity contribution in [3.63, 3.8) is 0 Å². The standard InChI is InChI=1S/C7H13N5/c1-4(2)10-7-5-6(11-12-7)9-3-8-5/h4,8H,3H2,1-2H3,(H3,9,10,11,12). The number of anilines is 3. The topological polar surface area (TPSA) is 64.8 Å². The number of rotatable bonds is 2. The molecule has 0 aliphatic carbocycles. The van der Waals surface area contributed by atoms with E-state index in [0.717, 1.165) is 24.0 Å². The summed E-state index contributed by atoms with van der Waals surface area (Å²) in [5.41, 5.74) is 1.05. The van der Waals surface area contributed by atoms with E-state index >= 15 is 0 Å². The van der Waals surface area contributed by atoms with Crippen LogP contribution in [0.1, 0.15) is 13.8 Å². The van der Waals surface area contributed by atoms with Crippen LogP contribution in [0, 0.1) is 0 Å². The number of fused-ring (bicyclic) bond motifs is 1. The second-order valence-electron chi connectivity index (χ2n) is 3.15. The van der Waals surface area contributed by atoms with Gasteiger partial charge in [0.15, 0.2) is 5.82 Å². The lowest BCUT2D eigenvalue weighted by Gasteiger charge is -2.07. The van der Waals surface area contributed by atoms with Crippen LogP contribution in [0.25, 0.3) is 0 Å². The molecule has 0 atom stereocenters. The van der Waals surface area contributed by atoms with E-state index in [4.69, 9.17) is 0 Å². The third-order valence-electron chi connectivity index (χ3n) is 1.72. The summed E-state index contributed by atoms with van der Waals surface area (Å²) >= 11 is 0. The van der Waals surface area contributed by atoms with Gasteiger partial charge < -0.3 is 16.0 Å². The van der Waals surface area contributed by atoms with Gasteiger partial charge in [-0.15, -0.1) is 0 Å². The lowest BCUT2D eigenvalue weighted by molar-refractivity contribution is 0.883. The molecule has 0 aromatic carbocycles. The van der Waals surface area contributed by atoms with Crippen molar-refractivity contribution in [2.45, 2.75) is 19.9 Å². The summed E-state index contributed by atoms with van der Waals surface area (Å²) in [4.78, 5) is 0. The predicted molar refractivity (Wildman–Crippen MR) is 49.5 cm³/mol. The van der Waals surface area contributed by atoms with Crippen molar-refractivity contribution >= 4 is 17.3 Å². The minimum Gasteiger partial charge on any atom is -0.365 e. The Kier molecular flexibility index (Phi) is 1.56. The second-order valence-corrected chi connectivity index (χ2v) is 3.15. The highest BCUT2D eigenvalue weighted by molar-refractivity contribution is 5.80. The first-order valence-corrected chi connectivity index (χ1v) is 4.10. The van der Waals surface area contributed by atoms with Crippen molar-refractivity contribution in [2.75, 3.05) is 22.6 Å². The van der Waals surface area contributed by atoms with E-state index in [2.05, 4.69) is 40.0 Å². The molecule has 66 valence electrons. The van der Waals surface area contributed by atoms with E-state index in [-0.39, 0.29) is 0 Å². The number of nitrogens with one attached hydrogen (secondary N) is 4. The molecule has 0 radical (unpaired) electrons. The van der Waals surface area contributed by atoms with E-state index in [9.17, 15) is 0 Å². The van der Waals surface area contributed by atoms with E-state index in [0.29, 0.717) is 6.04 Å². The molecule has 1 aromatic rings. The maximum absolute atomic E-state index is 4.12. The predicted octanol–water partition coefficient (Wildman–Crippen LogP) is 1.02. The Balaban J connectivity index is 2.22. The van der Waals surface area contributed by atoms with Crippen molar-refractivity contribution in [1.82, 2.24) is 10.2 Å². The maximum atomic E-state index is 4.12. The highest BCUT2D eigenvalue weighted by atomic mass is 15.3. The van der Waals surface area contributed by atoms with Gasteiger partial charge in [0.2, 0.25) is 0 Å². The second kappa shape index (κ2) is 2.58. The Labute approximate surface area is 70.9 Å². The molecular formula is C7H13N5. The Hall–Kier alpha value is -1.39. The van der Waals surface area contributed by atoms with Gasteiger partial charge in [0.05, 0.1) is 6.67 Å². The van der Waals surface area contributed by atoms with Crippen LogP contribution in [0.15, 0.2) is 0 Å². The summed E-state index contributed by atoms with van der Waals surface area (Å²) in [6.45, 7) is 4.95. The van der Waals surface area contributed by atoms with Crippen LogP contribution < -0.4 is 16.0 Å². The Morgan fingerprint density at radius 1 is 1.42 bits per heavy atom. The lowest BCUT2D eigenvalue weighted by atomic mass is 10.4. The highest BCUT2D eigenvalue weighted by Crippen LogP contribution is 2.31. The minimum atomic E-state index is 0.403. The van der Waals surface area contributed by atoms with Crippen LogP contribution in [0.4, 0.5) is 17.3 Å². The molecule has 1 aromatic heterocycles. The molecule has 1 aliphatic rings. The van der Waals surface area contributed by atoms with Gasteiger partial charge in [0, 0.05) is 6.04 Å². The molecule has 5 heteroatoms. The van der Waals surface area contributed by atoms with Crippen molar-refractivity contribution in [3.8, 4) is 0 Å². The van der Waals surface area contributed by atoms with Crippen molar-refractivity contribution in [1.29, 1.82) is 0 Å². The Morgan fingerprint density at radius 3 is 3.00 bits per heavy atom. The van der Waals surface area contributed by atoms with E-state index in [1.165, 1.54) is 0 Å². The average molecular weight is 167 g/mol. The van der Waals surface area contributed by atoms with Gasteiger partial charge in [0.25, 0.3) is 0 Å². The SMILES string of the molecule is CC(C)Nc1n[nH]c2c1NCN2. The third kappa shape index (κ3) is 1.07. The van der Waals surface area contributed by atoms with Crippen LogP contribution in [0.3, 0.4) is 0 Å². The normalized spacial score (nSPS) is 13.9. The molecule has 4 N–H and O–H groups in total.